The van der Waals surface area contributed by atoms with Gasteiger partial charge in [-0.1, -0.05) is 30.3 Å². The molecule has 1 rings (SSSR count). The van der Waals surface area contributed by atoms with E-state index in [1.165, 1.54) is 14.0 Å². The summed E-state index contributed by atoms with van der Waals surface area (Å²) in [4.78, 5) is 22.7. The molecule has 0 saturated carbocycles. The first-order chi connectivity index (χ1) is 7.98. The standard InChI is InChI=1S/C13H16O4/c1-10(14)8-13(16,12(15)17-2)9-11-6-4-3-5-7-11/h3-7,16H,8-9H2,1-2H3/t13-/m0/s1. The Morgan fingerprint density at radius 2 is 1.88 bits per heavy atom. The van der Waals surface area contributed by atoms with Gasteiger partial charge in [0, 0.05) is 12.8 Å². The number of carbonyl (C=O) groups excluding carboxylic acids is 2. The SMILES string of the molecule is COC(=O)[C@](O)(CC(C)=O)Cc1ccccc1. The normalized spacial score (nSPS) is 13.8. The van der Waals surface area contributed by atoms with Crippen molar-refractivity contribution in [3.8, 4) is 0 Å². The zero-order valence-corrected chi connectivity index (χ0v) is 9.97. The van der Waals surface area contributed by atoms with E-state index in [9.17, 15) is 14.7 Å². The Hall–Kier alpha value is -1.68. The number of methoxy groups -OCH3 is 1. The molecule has 1 aromatic carbocycles. The van der Waals surface area contributed by atoms with Crippen molar-refractivity contribution in [2.24, 2.45) is 0 Å². The smallest absolute Gasteiger partial charge is 0.338 e. The maximum atomic E-state index is 11.5. The molecule has 1 N–H and O–H groups in total. The molecule has 1 atom stereocenters. The Bertz CT molecular complexity index is 399. The molecule has 4 heteroatoms. The van der Waals surface area contributed by atoms with Gasteiger partial charge in [0.1, 0.15) is 5.78 Å². The number of carbonyl (C=O) groups is 2. The van der Waals surface area contributed by atoms with Crippen LogP contribution in [0.5, 0.6) is 0 Å². The fourth-order valence-corrected chi connectivity index (χ4v) is 1.74. The number of Topliss-reactive ketones (excluding diaryl/α,β-unsaturated/α-hetero) is 1. The first-order valence-corrected chi connectivity index (χ1v) is 5.32. The minimum atomic E-state index is -1.78. The second kappa shape index (κ2) is 5.59. The molecule has 0 aliphatic rings. The molecule has 0 unspecified atom stereocenters. The van der Waals surface area contributed by atoms with Crippen LogP contribution >= 0.6 is 0 Å². The van der Waals surface area contributed by atoms with Crippen LogP contribution in [0.15, 0.2) is 30.3 Å². The van der Waals surface area contributed by atoms with Crippen molar-refractivity contribution < 1.29 is 19.4 Å². The molecule has 92 valence electrons. The van der Waals surface area contributed by atoms with Crippen molar-refractivity contribution >= 4 is 11.8 Å². The summed E-state index contributed by atoms with van der Waals surface area (Å²) >= 11 is 0. The number of ether oxygens (including phenoxy) is 1. The van der Waals surface area contributed by atoms with E-state index in [2.05, 4.69) is 4.74 Å². The molecule has 0 fully saturated rings. The Morgan fingerprint density at radius 1 is 1.29 bits per heavy atom. The number of benzene rings is 1. The van der Waals surface area contributed by atoms with Crippen LogP contribution in [0.4, 0.5) is 0 Å². The molecule has 0 spiro atoms. The largest absolute Gasteiger partial charge is 0.467 e. The van der Waals surface area contributed by atoms with Gasteiger partial charge in [-0.05, 0) is 12.5 Å². The summed E-state index contributed by atoms with van der Waals surface area (Å²) in [6, 6.07) is 9.02. The van der Waals surface area contributed by atoms with E-state index < -0.39 is 11.6 Å². The number of rotatable bonds is 5. The van der Waals surface area contributed by atoms with Crippen LogP contribution in [-0.2, 0) is 20.7 Å². The minimum absolute atomic E-state index is 0.0695. The number of ketones is 1. The lowest BCUT2D eigenvalue weighted by molar-refractivity contribution is -0.164. The average molecular weight is 236 g/mol. The van der Waals surface area contributed by atoms with E-state index in [0.29, 0.717) is 0 Å². The van der Waals surface area contributed by atoms with Crippen molar-refractivity contribution in [2.45, 2.75) is 25.4 Å². The van der Waals surface area contributed by atoms with Gasteiger partial charge in [0.2, 0.25) is 0 Å². The van der Waals surface area contributed by atoms with Crippen LogP contribution in [0.3, 0.4) is 0 Å². The second-order valence-corrected chi connectivity index (χ2v) is 4.06. The molecule has 0 heterocycles. The summed E-state index contributed by atoms with van der Waals surface area (Å²) in [5.41, 5.74) is -0.997. The third-order valence-corrected chi connectivity index (χ3v) is 2.45. The van der Waals surface area contributed by atoms with E-state index in [4.69, 9.17) is 0 Å². The van der Waals surface area contributed by atoms with Crippen LogP contribution < -0.4 is 0 Å². The van der Waals surface area contributed by atoms with E-state index in [0.717, 1.165) is 5.56 Å². The van der Waals surface area contributed by atoms with Crippen molar-refractivity contribution in [3.63, 3.8) is 0 Å². The first-order valence-electron chi connectivity index (χ1n) is 5.32. The average Bonchev–Trinajstić information content (AvgIpc) is 2.28. The molecular weight excluding hydrogens is 220 g/mol. The maximum Gasteiger partial charge on any atom is 0.338 e. The Morgan fingerprint density at radius 3 is 2.35 bits per heavy atom. The third-order valence-electron chi connectivity index (χ3n) is 2.45. The van der Waals surface area contributed by atoms with E-state index >= 15 is 0 Å². The van der Waals surface area contributed by atoms with Crippen LogP contribution in [0.25, 0.3) is 0 Å². The molecule has 1 aromatic rings. The summed E-state index contributed by atoms with van der Waals surface area (Å²) in [6.07, 6.45) is -0.172. The number of esters is 1. The van der Waals surface area contributed by atoms with Crippen LogP contribution in [0, 0.1) is 0 Å². The van der Waals surface area contributed by atoms with Gasteiger partial charge >= 0.3 is 5.97 Å². The lowest BCUT2D eigenvalue weighted by Crippen LogP contribution is -2.43. The molecule has 0 aliphatic heterocycles. The fourth-order valence-electron chi connectivity index (χ4n) is 1.74. The Balaban J connectivity index is 2.91. The number of aliphatic hydroxyl groups is 1. The molecule has 0 amide bonds. The van der Waals surface area contributed by atoms with Gasteiger partial charge in [-0.15, -0.1) is 0 Å². The minimum Gasteiger partial charge on any atom is -0.467 e. The third kappa shape index (κ3) is 3.67. The summed E-state index contributed by atoms with van der Waals surface area (Å²) in [6.45, 7) is 1.33. The fraction of sp³-hybridized carbons (Fsp3) is 0.385. The van der Waals surface area contributed by atoms with Crippen molar-refractivity contribution in [1.82, 2.24) is 0 Å². The van der Waals surface area contributed by atoms with Crippen LogP contribution in [0.2, 0.25) is 0 Å². The van der Waals surface area contributed by atoms with Crippen molar-refractivity contribution in [2.75, 3.05) is 7.11 Å². The molecule has 0 bridgehead atoms. The highest BCUT2D eigenvalue weighted by molar-refractivity contribution is 5.87. The molecule has 0 radical (unpaired) electrons. The van der Waals surface area contributed by atoms with Crippen molar-refractivity contribution in [3.05, 3.63) is 35.9 Å². The van der Waals surface area contributed by atoms with Crippen LogP contribution in [-0.4, -0.2) is 29.6 Å². The van der Waals surface area contributed by atoms with Crippen LogP contribution in [0.1, 0.15) is 18.9 Å². The summed E-state index contributed by atoms with van der Waals surface area (Å²) in [5.74, 6) is -1.04. The van der Waals surface area contributed by atoms with Gasteiger partial charge in [0.15, 0.2) is 5.60 Å². The van der Waals surface area contributed by atoms with Gasteiger partial charge in [-0.3, -0.25) is 4.79 Å². The highest BCUT2D eigenvalue weighted by atomic mass is 16.5. The van der Waals surface area contributed by atoms with E-state index in [1.54, 1.807) is 24.3 Å². The van der Waals surface area contributed by atoms with E-state index in [1.807, 2.05) is 6.07 Å². The quantitative estimate of drug-likeness (QED) is 0.778. The molecule has 17 heavy (non-hydrogen) atoms. The van der Waals surface area contributed by atoms with Crippen molar-refractivity contribution in [1.29, 1.82) is 0 Å². The number of hydrogen-bond donors (Lipinski definition) is 1. The monoisotopic (exact) mass is 236 g/mol. The molecule has 0 aliphatic carbocycles. The Kier molecular flexibility index (Phi) is 4.40. The van der Waals surface area contributed by atoms with E-state index in [-0.39, 0.29) is 18.6 Å². The topological polar surface area (TPSA) is 63.6 Å². The van der Waals surface area contributed by atoms with Gasteiger partial charge in [-0.2, -0.15) is 0 Å². The highest BCUT2D eigenvalue weighted by Gasteiger charge is 2.38. The molecular formula is C13H16O4. The molecule has 0 saturated heterocycles. The summed E-state index contributed by atoms with van der Waals surface area (Å²) in [5, 5.41) is 10.2. The summed E-state index contributed by atoms with van der Waals surface area (Å²) in [7, 11) is 1.19. The highest BCUT2D eigenvalue weighted by Crippen LogP contribution is 2.19. The van der Waals surface area contributed by atoms with Gasteiger partial charge < -0.3 is 9.84 Å². The molecule has 4 nitrogen and oxygen atoms in total. The van der Waals surface area contributed by atoms with Gasteiger partial charge in [0.25, 0.3) is 0 Å². The first kappa shape index (κ1) is 13.4. The zero-order valence-electron chi connectivity index (χ0n) is 9.97. The predicted molar refractivity (Wildman–Crippen MR) is 62.4 cm³/mol. The maximum absolute atomic E-state index is 11.5. The van der Waals surface area contributed by atoms with Gasteiger partial charge in [-0.25, -0.2) is 4.79 Å². The molecule has 0 aromatic heterocycles. The second-order valence-electron chi connectivity index (χ2n) is 4.06. The van der Waals surface area contributed by atoms with Gasteiger partial charge in [0.05, 0.1) is 7.11 Å². The number of hydrogen-bond acceptors (Lipinski definition) is 4. The lowest BCUT2D eigenvalue weighted by atomic mass is 9.90. The predicted octanol–water partition coefficient (Wildman–Crippen LogP) is 1.11. The Labute approximate surface area is 100 Å². The summed E-state index contributed by atoms with van der Waals surface area (Å²) < 4.78 is 4.55. The zero-order chi connectivity index (χ0) is 12.9. The lowest BCUT2D eigenvalue weighted by Gasteiger charge is -2.24.